The van der Waals surface area contributed by atoms with Crippen LogP contribution in [0.4, 0.5) is 5.13 Å². The monoisotopic (exact) mass is 286 g/mol. The Labute approximate surface area is 116 Å². The van der Waals surface area contributed by atoms with Gasteiger partial charge in [-0.3, -0.25) is 0 Å². The second kappa shape index (κ2) is 6.31. The second-order valence-corrected chi connectivity index (χ2v) is 5.50. The molecular formula is C12H18N2O4S. The Kier molecular flexibility index (Phi) is 4.73. The van der Waals surface area contributed by atoms with Gasteiger partial charge in [-0.05, 0) is 12.8 Å². The molecule has 1 saturated heterocycles. The Bertz CT molecular complexity index is 443. The summed E-state index contributed by atoms with van der Waals surface area (Å²) in [6.07, 6.45) is 2.35. The maximum atomic E-state index is 11.1. The van der Waals surface area contributed by atoms with Gasteiger partial charge in [0, 0.05) is 27.3 Å². The van der Waals surface area contributed by atoms with Crippen molar-refractivity contribution in [2.24, 2.45) is 0 Å². The average Bonchev–Trinajstić information content (AvgIpc) is 2.98. The van der Waals surface area contributed by atoms with E-state index in [0.29, 0.717) is 10.8 Å². The number of nitrogens with zero attached hydrogens (tertiary/aromatic N) is 2. The van der Waals surface area contributed by atoms with Crippen molar-refractivity contribution in [1.29, 1.82) is 0 Å². The van der Waals surface area contributed by atoms with Crippen LogP contribution in [0, 0.1) is 0 Å². The predicted octanol–water partition coefficient (Wildman–Crippen LogP) is 1.60. The van der Waals surface area contributed by atoms with Crippen LogP contribution in [0.1, 0.15) is 28.2 Å². The van der Waals surface area contributed by atoms with Gasteiger partial charge in [-0.2, -0.15) is 0 Å². The van der Waals surface area contributed by atoms with Gasteiger partial charge in [0.05, 0.1) is 18.4 Å². The molecule has 1 atom stereocenters. The van der Waals surface area contributed by atoms with Crippen molar-refractivity contribution in [1.82, 2.24) is 4.98 Å². The molecule has 6 nitrogen and oxygen atoms in total. The number of carboxylic acid groups (broad SMARTS) is 1. The Morgan fingerprint density at radius 2 is 2.47 bits per heavy atom. The normalized spacial score (nSPS) is 18.7. The fourth-order valence-corrected chi connectivity index (χ4v) is 2.95. The Balaban J connectivity index is 2.09. The summed E-state index contributed by atoms with van der Waals surface area (Å²) in [7, 11) is 3.43. The van der Waals surface area contributed by atoms with Gasteiger partial charge in [0.15, 0.2) is 5.13 Å². The summed E-state index contributed by atoms with van der Waals surface area (Å²) in [5.74, 6) is -0.957. The number of hydrogen-bond acceptors (Lipinski definition) is 6. The van der Waals surface area contributed by atoms with Crippen LogP contribution in [0.5, 0.6) is 0 Å². The maximum absolute atomic E-state index is 11.1. The molecule has 0 amide bonds. The molecule has 0 saturated carbocycles. The van der Waals surface area contributed by atoms with E-state index in [9.17, 15) is 4.79 Å². The van der Waals surface area contributed by atoms with Crippen LogP contribution < -0.4 is 4.90 Å². The number of thiazole rings is 1. The molecule has 2 heterocycles. The van der Waals surface area contributed by atoms with Gasteiger partial charge in [-0.1, -0.05) is 11.3 Å². The lowest BCUT2D eigenvalue weighted by molar-refractivity contribution is 0.0697. The average molecular weight is 286 g/mol. The van der Waals surface area contributed by atoms with E-state index in [2.05, 4.69) is 4.98 Å². The number of rotatable bonds is 6. The van der Waals surface area contributed by atoms with Gasteiger partial charge in [0.25, 0.3) is 0 Å². The predicted molar refractivity (Wildman–Crippen MR) is 72.0 cm³/mol. The first-order valence-corrected chi connectivity index (χ1v) is 6.98. The van der Waals surface area contributed by atoms with E-state index in [4.69, 9.17) is 14.6 Å². The van der Waals surface area contributed by atoms with Gasteiger partial charge in [-0.15, -0.1) is 0 Å². The highest BCUT2D eigenvalue weighted by Crippen LogP contribution is 2.27. The fourth-order valence-electron chi connectivity index (χ4n) is 2.08. The SMILES string of the molecule is COCc1nc(N(C)CC2CCCO2)sc1C(=O)O. The Morgan fingerprint density at radius 1 is 1.68 bits per heavy atom. The van der Waals surface area contributed by atoms with Crippen molar-refractivity contribution in [3.63, 3.8) is 0 Å². The van der Waals surface area contributed by atoms with Gasteiger partial charge in [0.2, 0.25) is 0 Å². The van der Waals surface area contributed by atoms with Crippen molar-refractivity contribution in [3.8, 4) is 0 Å². The van der Waals surface area contributed by atoms with Crippen molar-refractivity contribution < 1.29 is 19.4 Å². The highest BCUT2D eigenvalue weighted by molar-refractivity contribution is 7.17. The van der Waals surface area contributed by atoms with Gasteiger partial charge in [0.1, 0.15) is 4.88 Å². The fraction of sp³-hybridized carbons (Fsp3) is 0.667. The Hall–Kier alpha value is -1.18. The van der Waals surface area contributed by atoms with E-state index in [-0.39, 0.29) is 17.6 Å². The van der Waals surface area contributed by atoms with Crippen LogP contribution in [0.2, 0.25) is 0 Å². The summed E-state index contributed by atoms with van der Waals surface area (Å²) in [6.45, 7) is 1.76. The van der Waals surface area contributed by atoms with Crippen LogP contribution in [0.3, 0.4) is 0 Å². The first-order chi connectivity index (χ1) is 9.11. The molecule has 0 bridgehead atoms. The molecule has 0 spiro atoms. The number of aromatic nitrogens is 1. The molecular weight excluding hydrogens is 268 g/mol. The van der Waals surface area contributed by atoms with Crippen molar-refractivity contribution in [2.75, 3.05) is 32.2 Å². The van der Waals surface area contributed by atoms with Gasteiger partial charge >= 0.3 is 5.97 Å². The molecule has 1 unspecified atom stereocenters. The number of carbonyl (C=O) groups is 1. The minimum Gasteiger partial charge on any atom is -0.477 e. The largest absolute Gasteiger partial charge is 0.477 e. The third kappa shape index (κ3) is 3.43. The molecule has 0 radical (unpaired) electrons. The molecule has 1 aliphatic heterocycles. The lowest BCUT2D eigenvalue weighted by Crippen LogP contribution is -2.28. The topological polar surface area (TPSA) is 71.9 Å². The summed E-state index contributed by atoms with van der Waals surface area (Å²) >= 11 is 1.18. The molecule has 0 aliphatic carbocycles. The maximum Gasteiger partial charge on any atom is 0.347 e. The summed E-state index contributed by atoms with van der Waals surface area (Å²) < 4.78 is 10.6. The summed E-state index contributed by atoms with van der Waals surface area (Å²) in [5.41, 5.74) is 0.481. The number of ether oxygens (including phenoxy) is 2. The van der Waals surface area contributed by atoms with Crippen LogP contribution in [-0.4, -0.2) is 49.5 Å². The van der Waals surface area contributed by atoms with Crippen molar-refractivity contribution in [3.05, 3.63) is 10.6 Å². The van der Waals surface area contributed by atoms with Gasteiger partial charge in [-0.25, -0.2) is 9.78 Å². The lowest BCUT2D eigenvalue weighted by Gasteiger charge is -2.19. The molecule has 7 heteroatoms. The number of aromatic carboxylic acids is 1. The summed E-state index contributed by atoms with van der Waals surface area (Å²) in [4.78, 5) is 17.7. The van der Waals surface area contributed by atoms with Crippen molar-refractivity contribution >= 4 is 22.4 Å². The summed E-state index contributed by atoms with van der Waals surface area (Å²) in [6, 6.07) is 0. The van der Waals surface area contributed by atoms with Crippen LogP contribution in [0.15, 0.2) is 0 Å². The van der Waals surface area contributed by atoms with E-state index >= 15 is 0 Å². The van der Waals surface area contributed by atoms with E-state index in [1.165, 1.54) is 18.4 Å². The lowest BCUT2D eigenvalue weighted by atomic mass is 10.2. The Morgan fingerprint density at radius 3 is 3.05 bits per heavy atom. The minimum absolute atomic E-state index is 0.214. The molecule has 1 N–H and O–H groups in total. The second-order valence-electron chi connectivity index (χ2n) is 4.53. The van der Waals surface area contributed by atoms with Crippen LogP contribution in [0.25, 0.3) is 0 Å². The van der Waals surface area contributed by atoms with Crippen LogP contribution >= 0.6 is 11.3 Å². The van der Waals surface area contributed by atoms with E-state index < -0.39 is 5.97 Å². The molecule has 1 aromatic heterocycles. The first kappa shape index (κ1) is 14.2. The molecule has 1 fully saturated rings. The van der Waals surface area contributed by atoms with E-state index in [1.807, 2.05) is 11.9 Å². The highest BCUT2D eigenvalue weighted by Gasteiger charge is 2.22. The molecule has 1 aliphatic rings. The number of methoxy groups -OCH3 is 1. The molecule has 1 aromatic rings. The quantitative estimate of drug-likeness (QED) is 0.856. The molecule has 0 aromatic carbocycles. The highest BCUT2D eigenvalue weighted by atomic mass is 32.1. The zero-order valence-corrected chi connectivity index (χ0v) is 11.9. The summed E-state index contributed by atoms with van der Waals surface area (Å²) in [5, 5.41) is 9.84. The number of carboxylic acids is 1. The zero-order valence-electron chi connectivity index (χ0n) is 11.1. The third-order valence-electron chi connectivity index (χ3n) is 2.99. The standard InChI is InChI=1S/C12H18N2O4S/c1-14(6-8-4-3-5-18-8)12-13-9(7-17-2)10(19-12)11(15)16/h8H,3-7H2,1-2H3,(H,15,16). The van der Waals surface area contributed by atoms with E-state index in [1.54, 1.807) is 0 Å². The number of likely N-dealkylation sites (N-methyl/N-ethyl adjacent to an activating group) is 1. The van der Waals surface area contributed by atoms with Crippen LogP contribution in [-0.2, 0) is 16.1 Å². The van der Waals surface area contributed by atoms with Crippen molar-refractivity contribution in [2.45, 2.75) is 25.6 Å². The number of anilines is 1. The van der Waals surface area contributed by atoms with E-state index in [0.717, 1.165) is 26.0 Å². The molecule has 106 valence electrons. The zero-order chi connectivity index (χ0) is 13.8. The third-order valence-corrected chi connectivity index (χ3v) is 4.19. The van der Waals surface area contributed by atoms with Gasteiger partial charge < -0.3 is 19.5 Å². The molecule has 2 rings (SSSR count). The first-order valence-electron chi connectivity index (χ1n) is 6.16. The molecule has 19 heavy (non-hydrogen) atoms. The smallest absolute Gasteiger partial charge is 0.347 e. The number of hydrogen-bond donors (Lipinski definition) is 1. The minimum atomic E-state index is -0.957.